The van der Waals surface area contributed by atoms with Gasteiger partial charge in [-0.15, -0.1) is 0 Å². The van der Waals surface area contributed by atoms with E-state index in [1.807, 2.05) is 60.7 Å². The molecule has 6 heteroatoms. The first-order chi connectivity index (χ1) is 14.0. The lowest BCUT2D eigenvalue weighted by Gasteiger charge is -2.22. The normalized spacial score (nSPS) is 14.9. The lowest BCUT2D eigenvalue weighted by Crippen LogP contribution is -2.25. The van der Waals surface area contributed by atoms with Gasteiger partial charge in [0, 0.05) is 22.2 Å². The van der Waals surface area contributed by atoms with Crippen molar-refractivity contribution in [1.29, 1.82) is 0 Å². The molecule has 1 aliphatic heterocycles. The molecule has 4 rings (SSSR count). The van der Waals surface area contributed by atoms with Gasteiger partial charge in [0.25, 0.3) is 11.6 Å². The standard InChI is InChI=1S/C23H15BrN2O3/c24-20-8-4-5-9-21(20)25-22(17-6-2-1-3-7-17)15-18(23(25)27)14-16-10-12-19(13-11-16)26(28)29/h1-15H. The van der Waals surface area contributed by atoms with Crippen LogP contribution in [-0.2, 0) is 4.79 Å². The minimum Gasteiger partial charge on any atom is -0.275 e. The van der Waals surface area contributed by atoms with Gasteiger partial charge >= 0.3 is 0 Å². The molecule has 0 bridgehead atoms. The highest BCUT2D eigenvalue weighted by Crippen LogP contribution is 2.38. The van der Waals surface area contributed by atoms with Crippen LogP contribution in [0.15, 0.2) is 95.0 Å². The summed E-state index contributed by atoms with van der Waals surface area (Å²) < 4.78 is 0.812. The molecule has 0 fully saturated rings. The van der Waals surface area contributed by atoms with E-state index in [2.05, 4.69) is 15.9 Å². The second-order valence-electron chi connectivity index (χ2n) is 6.44. The van der Waals surface area contributed by atoms with Crippen molar-refractivity contribution in [2.24, 2.45) is 0 Å². The van der Waals surface area contributed by atoms with Crippen molar-refractivity contribution >= 4 is 45.0 Å². The van der Waals surface area contributed by atoms with Crippen molar-refractivity contribution in [3.05, 3.63) is 116 Å². The fourth-order valence-electron chi connectivity index (χ4n) is 3.18. The highest BCUT2D eigenvalue weighted by molar-refractivity contribution is 9.10. The van der Waals surface area contributed by atoms with Crippen LogP contribution >= 0.6 is 15.9 Å². The third kappa shape index (κ3) is 3.75. The molecule has 142 valence electrons. The fourth-order valence-corrected chi connectivity index (χ4v) is 3.64. The Balaban J connectivity index is 1.80. The number of hydrogen-bond acceptors (Lipinski definition) is 3. The number of benzene rings is 3. The number of anilines is 1. The predicted octanol–water partition coefficient (Wildman–Crippen LogP) is 5.83. The number of carbonyl (C=O) groups is 1. The van der Waals surface area contributed by atoms with Gasteiger partial charge in [0.1, 0.15) is 0 Å². The van der Waals surface area contributed by atoms with Gasteiger partial charge in [-0.05, 0) is 63.5 Å². The lowest BCUT2D eigenvalue weighted by atomic mass is 10.1. The predicted molar refractivity (Wildman–Crippen MR) is 117 cm³/mol. The molecule has 1 aliphatic rings. The Bertz CT molecular complexity index is 1150. The van der Waals surface area contributed by atoms with Crippen LogP contribution in [0, 0.1) is 10.1 Å². The minimum absolute atomic E-state index is 0.0141. The zero-order valence-corrected chi connectivity index (χ0v) is 16.7. The van der Waals surface area contributed by atoms with E-state index in [1.165, 1.54) is 12.1 Å². The Morgan fingerprint density at radius 2 is 1.55 bits per heavy atom. The Hall–Kier alpha value is -3.51. The quantitative estimate of drug-likeness (QED) is 0.287. The van der Waals surface area contributed by atoms with Crippen molar-refractivity contribution in [3.63, 3.8) is 0 Å². The van der Waals surface area contributed by atoms with E-state index < -0.39 is 4.92 Å². The maximum absolute atomic E-state index is 13.3. The molecule has 0 saturated carbocycles. The second-order valence-corrected chi connectivity index (χ2v) is 7.29. The van der Waals surface area contributed by atoms with Gasteiger partial charge in [0.15, 0.2) is 0 Å². The number of rotatable bonds is 4. The van der Waals surface area contributed by atoms with Crippen molar-refractivity contribution in [1.82, 2.24) is 0 Å². The summed E-state index contributed by atoms with van der Waals surface area (Å²) in [6, 6.07) is 23.4. The minimum atomic E-state index is -0.445. The first kappa shape index (κ1) is 18.8. The van der Waals surface area contributed by atoms with E-state index in [0.717, 1.165) is 27.0 Å². The van der Waals surface area contributed by atoms with Crippen molar-refractivity contribution in [3.8, 4) is 0 Å². The van der Waals surface area contributed by atoms with Gasteiger partial charge in [0.05, 0.1) is 16.3 Å². The zero-order valence-electron chi connectivity index (χ0n) is 15.2. The summed E-state index contributed by atoms with van der Waals surface area (Å²) in [4.78, 5) is 25.4. The molecule has 0 aromatic heterocycles. The highest BCUT2D eigenvalue weighted by Gasteiger charge is 2.31. The van der Waals surface area contributed by atoms with E-state index in [-0.39, 0.29) is 11.6 Å². The number of amides is 1. The number of nitro benzene ring substituents is 1. The average molecular weight is 447 g/mol. The molecule has 0 aliphatic carbocycles. The smallest absolute Gasteiger partial charge is 0.269 e. The van der Waals surface area contributed by atoms with Crippen LogP contribution in [0.25, 0.3) is 11.8 Å². The van der Waals surface area contributed by atoms with Crippen LogP contribution in [0.2, 0.25) is 0 Å². The van der Waals surface area contributed by atoms with E-state index in [1.54, 1.807) is 23.1 Å². The molecule has 1 amide bonds. The fraction of sp³-hybridized carbons (Fsp3) is 0. The summed E-state index contributed by atoms with van der Waals surface area (Å²) in [7, 11) is 0. The molecule has 0 atom stereocenters. The monoisotopic (exact) mass is 446 g/mol. The topological polar surface area (TPSA) is 63.4 Å². The average Bonchev–Trinajstić information content (AvgIpc) is 3.05. The third-order valence-corrected chi connectivity index (χ3v) is 5.24. The van der Waals surface area contributed by atoms with Crippen LogP contribution < -0.4 is 4.90 Å². The number of nitro groups is 1. The Morgan fingerprint density at radius 1 is 0.897 bits per heavy atom. The van der Waals surface area contributed by atoms with Crippen molar-refractivity contribution < 1.29 is 9.72 Å². The summed E-state index contributed by atoms with van der Waals surface area (Å²) in [6.07, 6.45) is 3.59. The van der Waals surface area contributed by atoms with Crippen LogP contribution in [0.4, 0.5) is 11.4 Å². The third-order valence-electron chi connectivity index (χ3n) is 4.57. The molecular weight excluding hydrogens is 432 g/mol. The van der Waals surface area contributed by atoms with Crippen molar-refractivity contribution in [2.75, 3.05) is 4.90 Å². The summed E-state index contributed by atoms with van der Waals surface area (Å²) >= 11 is 3.54. The maximum atomic E-state index is 13.3. The SMILES string of the molecule is O=C1C(=Cc2ccc([N+](=O)[O-])cc2)C=C(c2ccccc2)N1c1ccccc1Br. The molecule has 0 unspecified atom stereocenters. The van der Waals surface area contributed by atoms with Crippen LogP contribution in [0.5, 0.6) is 0 Å². The number of para-hydroxylation sites is 1. The molecule has 0 spiro atoms. The molecule has 0 radical (unpaired) electrons. The summed E-state index contributed by atoms with van der Waals surface area (Å²) in [5, 5.41) is 10.9. The first-order valence-electron chi connectivity index (χ1n) is 8.87. The Kier molecular flexibility index (Phi) is 5.10. The molecule has 1 heterocycles. The highest BCUT2D eigenvalue weighted by atomic mass is 79.9. The number of hydrogen-bond donors (Lipinski definition) is 0. The van der Waals surface area contributed by atoms with E-state index >= 15 is 0 Å². The number of halogens is 1. The lowest BCUT2D eigenvalue weighted by molar-refractivity contribution is -0.384. The molecular formula is C23H15BrN2O3. The van der Waals surface area contributed by atoms with Gasteiger partial charge in [-0.25, -0.2) is 0 Å². The number of carbonyl (C=O) groups excluding carboxylic acids is 1. The van der Waals surface area contributed by atoms with Gasteiger partial charge in [0.2, 0.25) is 0 Å². The zero-order chi connectivity index (χ0) is 20.4. The van der Waals surface area contributed by atoms with Gasteiger partial charge in [-0.3, -0.25) is 19.8 Å². The van der Waals surface area contributed by atoms with E-state index in [4.69, 9.17) is 0 Å². The summed E-state index contributed by atoms with van der Waals surface area (Å²) in [6.45, 7) is 0. The molecule has 0 N–H and O–H groups in total. The molecule has 5 nitrogen and oxygen atoms in total. The largest absolute Gasteiger partial charge is 0.275 e. The van der Waals surface area contributed by atoms with E-state index in [0.29, 0.717) is 5.57 Å². The maximum Gasteiger partial charge on any atom is 0.269 e. The number of nitrogens with zero attached hydrogens (tertiary/aromatic N) is 2. The van der Waals surface area contributed by atoms with Gasteiger partial charge < -0.3 is 0 Å². The van der Waals surface area contributed by atoms with Gasteiger partial charge in [-0.1, -0.05) is 42.5 Å². The molecule has 3 aromatic rings. The Labute approximate surface area is 175 Å². The second kappa shape index (κ2) is 7.85. The molecule has 0 saturated heterocycles. The first-order valence-corrected chi connectivity index (χ1v) is 9.66. The van der Waals surface area contributed by atoms with Gasteiger partial charge in [-0.2, -0.15) is 0 Å². The number of non-ortho nitro benzene ring substituents is 1. The summed E-state index contributed by atoms with van der Waals surface area (Å²) in [5.74, 6) is -0.158. The molecule has 29 heavy (non-hydrogen) atoms. The molecule has 3 aromatic carbocycles. The Morgan fingerprint density at radius 3 is 2.21 bits per heavy atom. The van der Waals surface area contributed by atoms with E-state index in [9.17, 15) is 14.9 Å². The van der Waals surface area contributed by atoms with Crippen LogP contribution in [-0.4, -0.2) is 10.8 Å². The van der Waals surface area contributed by atoms with Crippen LogP contribution in [0.3, 0.4) is 0 Å². The van der Waals surface area contributed by atoms with Crippen LogP contribution in [0.1, 0.15) is 11.1 Å². The van der Waals surface area contributed by atoms with Crippen molar-refractivity contribution in [2.45, 2.75) is 0 Å². The summed E-state index contributed by atoms with van der Waals surface area (Å²) in [5.41, 5.74) is 3.68.